The molecule has 7 heteroatoms. The van der Waals surface area contributed by atoms with Crippen molar-refractivity contribution in [3.63, 3.8) is 0 Å². The molecule has 2 heterocycles. The molecule has 1 aromatic heterocycles. The fraction of sp³-hybridized carbons (Fsp3) is 0.182. The minimum atomic E-state index is -0.622. The van der Waals surface area contributed by atoms with Crippen molar-refractivity contribution in [3.05, 3.63) is 88.1 Å². The topological polar surface area (TPSA) is 89.7 Å². The molecule has 29 heavy (non-hydrogen) atoms. The van der Waals surface area contributed by atoms with Crippen LogP contribution in [0, 0.1) is 13.8 Å². The van der Waals surface area contributed by atoms with Crippen LogP contribution in [-0.4, -0.2) is 27.7 Å². The van der Waals surface area contributed by atoms with Gasteiger partial charge in [-0.3, -0.25) is 14.5 Å². The molecule has 0 saturated carbocycles. The number of amides is 2. The molecule has 0 bridgehead atoms. The van der Waals surface area contributed by atoms with Crippen LogP contribution in [0.3, 0.4) is 0 Å². The minimum Gasteiger partial charge on any atom is -0.452 e. The molecule has 0 atom stereocenters. The molecule has 2 aromatic carbocycles. The molecule has 1 aliphatic heterocycles. The SMILES string of the molecule is Cc1nc(COC(=O)c2ccc3c(c2)C(=O)N(Cc2ccccc2)C3=O)oc1C. The van der Waals surface area contributed by atoms with E-state index < -0.39 is 11.9 Å². The maximum absolute atomic E-state index is 12.7. The van der Waals surface area contributed by atoms with E-state index >= 15 is 0 Å². The van der Waals surface area contributed by atoms with E-state index in [1.54, 1.807) is 13.8 Å². The number of aromatic nitrogens is 1. The highest BCUT2D eigenvalue weighted by Crippen LogP contribution is 2.26. The second-order valence-corrected chi connectivity index (χ2v) is 6.77. The predicted octanol–water partition coefficient (Wildman–Crippen LogP) is 3.44. The molecule has 1 aliphatic rings. The highest BCUT2D eigenvalue weighted by molar-refractivity contribution is 6.21. The summed E-state index contributed by atoms with van der Waals surface area (Å²) in [6.07, 6.45) is 0. The summed E-state index contributed by atoms with van der Waals surface area (Å²) in [6, 6.07) is 13.6. The molecule has 0 aliphatic carbocycles. The smallest absolute Gasteiger partial charge is 0.338 e. The number of imide groups is 1. The molecule has 0 unspecified atom stereocenters. The van der Waals surface area contributed by atoms with Crippen LogP contribution in [0.15, 0.2) is 52.9 Å². The van der Waals surface area contributed by atoms with E-state index in [0.29, 0.717) is 11.7 Å². The Morgan fingerprint density at radius 2 is 1.76 bits per heavy atom. The number of carbonyl (C=O) groups is 3. The van der Waals surface area contributed by atoms with Crippen molar-refractivity contribution in [2.24, 2.45) is 0 Å². The van der Waals surface area contributed by atoms with Crippen LogP contribution in [0.5, 0.6) is 0 Å². The zero-order valence-electron chi connectivity index (χ0n) is 16.0. The Kier molecular flexibility index (Phi) is 4.72. The standard InChI is InChI=1S/C22H18N2O5/c1-13-14(2)29-19(23-13)12-28-22(27)16-8-9-17-18(10-16)21(26)24(20(17)25)11-15-6-4-3-5-7-15/h3-10H,11-12H2,1-2H3. The van der Waals surface area contributed by atoms with Crippen LogP contribution < -0.4 is 0 Å². The van der Waals surface area contributed by atoms with E-state index in [0.717, 1.165) is 11.3 Å². The Hall–Kier alpha value is -3.74. The largest absolute Gasteiger partial charge is 0.452 e. The van der Waals surface area contributed by atoms with Gasteiger partial charge in [-0.2, -0.15) is 0 Å². The number of rotatable bonds is 5. The van der Waals surface area contributed by atoms with Gasteiger partial charge in [-0.25, -0.2) is 9.78 Å². The van der Waals surface area contributed by atoms with Crippen LogP contribution in [0.25, 0.3) is 0 Å². The Bertz CT molecular complexity index is 1100. The zero-order chi connectivity index (χ0) is 20.5. The summed E-state index contributed by atoms with van der Waals surface area (Å²) >= 11 is 0. The van der Waals surface area contributed by atoms with Crippen molar-refractivity contribution < 1.29 is 23.5 Å². The van der Waals surface area contributed by atoms with E-state index in [1.165, 1.54) is 23.1 Å². The number of oxazole rings is 1. The Morgan fingerprint density at radius 1 is 1.03 bits per heavy atom. The van der Waals surface area contributed by atoms with Crippen molar-refractivity contribution in [2.45, 2.75) is 27.0 Å². The molecule has 0 fully saturated rings. The number of hydrogen-bond acceptors (Lipinski definition) is 6. The molecule has 0 saturated heterocycles. The van der Waals surface area contributed by atoms with Crippen LogP contribution in [-0.2, 0) is 17.9 Å². The lowest BCUT2D eigenvalue weighted by Crippen LogP contribution is -2.29. The van der Waals surface area contributed by atoms with Gasteiger partial charge >= 0.3 is 5.97 Å². The monoisotopic (exact) mass is 390 g/mol. The first kappa shape index (κ1) is 18.6. The van der Waals surface area contributed by atoms with Gasteiger partial charge in [-0.05, 0) is 37.6 Å². The first-order valence-corrected chi connectivity index (χ1v) is 9.08. The number of aryl methyl sites for hydroxylation is 2. The predicted molar refractivity (Wildman–Crippen MR) is 102 cm³/mol. The first-order chi connectivity index (χ1) is 13.9. The van der Waals surface area contributed by atoms with Crippen LogP contribution in [0.2, 0.25) is 0 Å². The van der Waals surface area contributed by atoms with Gasteiger partial charge < -0.3 is 9.15 Å². The van der Waals surface area contributed by atoms with Crippen molar-refractivity contribution in [1.82, 2.24) is 9.88 Å². The number of benzene rings is 2. The molecule has 4 rings (SSSR count). The van der Waals surface area contributed by atoms with Gasteiger partial charge in [0.05, 0.1) is 28.9 Å². The molecule has 7 nitrogen and oxygen atoms in total. The fourth-order valence-corrected chi connectivity index (χ4v) is 3.14. The highest BCUT2D eigenvalue weighted by atomic mass is 16.5. The number of hydrogen-bond donors (Lipinski definition) is 0. The van der Waals surface area contributed by atoms with Crippen molar-refractivity contribution in [2.75, 3.05) is 0 Å². The fourth-order valence-electron chi connectivity index (χ4n) is 3.14. The Labute approximate surface area is 166 Å². The summed E-state index contributed by atoms with van der Waals surface area (Å²) in [5.74, 6) is -0.462. The number of nitrogens with zero attached hydrogens (tertiary/aromatic N) is 2. The summed E-state index contributed by atoms with van der Waals surface area (Å²) in [4.78, 5) is 43.0. The molecular weight excluding hydrogens is 372 g/mol. The van der Waals surface area contributed by atoms with Crippen LogP contribution >= 0.6 is 0 Å². The third kappa shape index (κ3) is 3.54. The Morgan fingerprint density at radius 3 is 2.45 bits per heavy atom. The lowest BCUT2D eigenvalue weighted by atomic mass is 10.1. The minimum absolute atomic E-state index is 0.113. The van der Waals surface area contributed by atoms with Crippen molar-refractivity contribution >= 4 is 17.8 Å². The quantitative estimate of drug-likeness (QED) is 0.490. The summed E-state index contributed by atoms with van der Waals surface area (Å²) in [5, 5.41) is 0. The van der Waals surface area contributed by atoms with Gasteiger partial charge in [-0.15, -0.1) is 0 Å². The third-order valence-electron chi connectivity index (χ3n) is 4.79. The lowest BCUT2D eigenvalue weighted by molar-refractivity contribution is 0.0436. The average Bonchev–Trinajstić information content (AvgIpc) is 3.17. The Balaban J connectivity index is 1.50. The van der Waals surface area contributed by atoms with E-state index in [2.05, 4.69) is 4.98 Å². The van der Waals surface area contributed by atoms with E-state index in [4.69, 9.17) is 9.15 Å². The number of esters is 1. The summed E-state index contributed by atoms with van der Waals surface area (Å²) < 4.78 is 10.6. The average molecular weight is 390 g/mol. The zero-order valence-corrected chi connectivity index (χ0v) is 16.0. The number of carbonyl (C=O) groups excluding carboxylic acids is 3. The first-order valence-electron chi connectivity index (χ1n) is 9.08. The lowest BCUT2D eigenvalue weighted by Gasteiger charge is -2.13. The molecule has 0 radical (unpaired) electrons. The molecular formula is C22H18N2O5. The van der Waals surface area contributed by atoms with Gasteiger partial charge in [0.1, 0.15) is 5.76 Å². The third-order valence-corrected chi connectivity index (χ3v) is 4.79. The molecule has 0 N–H and O–H groups in total. The summed E-state index contributed by atoms with van der Waals surface area (Å²) in [7, 11) is 0. The van der Waals surface area contributed by atoms with Crippen LogP contribution in [0.4, 0.5) is 0 Å². The normalized spacial score (nSPS) is 13.0. The molecule has 2 amide bonds. The van der Waals surface area contributed by atoms with Gasteiger partial charge in [0.25, 0.3) is 11.8 Å². The van der Waals surface area contributed by atoms with Crippen LogP contribution in [0.1, 0.15) is 54.0 Å². The highest BCUT2D eigenvalue weighted by Gasteiger charge is 2.36. The van der Waals surface area contributed by atoms with Gasteiger partial charge in [-0.1, -0.05) is 30.3 Å². The van der Waals surface area contributed by atoms with Gasteiger partial charge in [0, 0.05) is 0 Å². The summed E-state index contributed by atoms with van der Waals surface area (Å²) in [5.41, 5.74) is 2.24. The molecule has 3 aromatic rings. The maximum atomic E-state index is 12.7. The van der Waals surface area contributed by atoms with E-state index in [-0.39, 0.29) is 35.7 Å². The molecule has 146 valence electrons. The van der Waals surface area contributed by atoms with E-state index in [1.807, 2.05) is 30.3 Å². The van der Waals surface area contributed by atoms with E-state index in [9.17, 15) is 14.4 Å². The van der Waals surface area contributed by atoms with Crippen molar-refractivity contribution in [3.8, 4) is 0 Å². The maximum Gasteiger partial charge on any atom is 0.338 e. The number of fused-ring (bicyclic) bond motifs is 1. The molecule has 0 spiro atoms. The van der Waals surface area contributed by atoms with Gasteiger partial charge in [0.2, 0.25) is 5.89 Å². The number of ether oxygens (including phenoxy) is 1. The second kappa shape index (κ2) is 7.35. The summed E-state index contributed by atoms with van der Waals surface area (Å²) in [6.45, 7) is 3.64. The van der Waals surface area contributed by atoms with Gasteiger partial charge in [0.15, 0.2) is 6.61 Å². The van der Waals surface area contributed by atoms with Crippen molar-refractivity contribution in [1.29, 1.82) is 0 Å². The second-order valence-electron chi connectivity index (χ2n) is 6.77.